The zero-order valence-corrected chi connectivity index (χ0v) is 11.7. The Morgan fingerprint density at radius 3 is 2.59 bits per heavy atom. The van der Waals surface area contributed by atoms with Crippen LogP contribution in [0.3, 0.4) is 0 Å². The Morgan fingerprint density at radius 2 is 2.00 bits per heavy atom. The maximum atomic E-state index is 12.0. The molecule has 0 aromatic carbocycles. The highest BCUT2D eigenvalue weighted by atomic mass is 16.2. The second kappa shape index (κ2) is 6.39. The number of rotatable bonds is 4. The average Bonchev–Trinajstić information content (AvgIpc) is 2.23. The first kappa shape index (κ1) is 14.5. The van der Waals surface area contributed by atoms with Crippen LogP contribution in [0.5, 0.6) is 0 Å². The van der Waals surface area contributed by atoms with E-state index in [1.807, 2.05) is 0 Å². The molecule has 1 aliphatic rings. The van der Waals surface area contributed by atoms with Gasteiger partial charge in [-0.15, -0.1) is 0 Å². The highest BCUT2D eigenvalue weighted by molar-refractivity contribution is 5.81. The van der Waals surface area contributed by atoms with Crippen LogP contribution in [0.4, 0.5) is 0 Å². The van der Waals surface area contributed by atoms with Crippen LogP contribution in [0.25, 0.3) is 0 Å². The standard InChI is InChI=1S/C14H28N2O/c1-9(2)8-12(15)14(17)16-13-7-5-6-10(3)11(13)4/h9-13H,5-8,15H2,1-4H3,(H,16,17). The van der Waals surface area contributed by atoms with Gasteiger partial charge in [0.2, 0.25) is 5.91 Å². The average molecular weight is 240 g/mol. The van der Waals surface area contributed by atoms with Gasteiger partial charge in [0.25, 0.3) is 0 Å². The predicted octanol–water partition coefficient (Wildman–Crippen LogP) is 2.30. The van der Waals surface area contributed by atoms with Crippen LogP contribution >= 0.6 is 0 Å². The third-order valence-electron chi connectivity index (χ3n) is 4.10. The van der Waals surface area contributed by atoms with Crippen LogP contribution in [0.15, 0.2) is 0 Å². The quantitative estimate of drug-likeness (QED) is 0.792. The fourth-order valence-corrected chi connectivity index (χ4v) is 2.69. The molecule has 1 rings (SSSR count). The molecule has 0 heterocycles. The van der Waals surface area contributed by atoms with Gasteiger partial charge < -0.3 is 11.1 Å². The Morgan fingerprint density at radius 1 is 1.35 bits per heavy atom. The molecule has 3 nitrogen and oxygen atoms in total. The molecule has 1 saturated carbocycles. The Bertz CT molecular complexity index is 253. The molecule has 0 spiro atoms. The fourth-order valence-electron chi connectivity index (χ4n) is 2.69. The van der Waals surface area contributed by atoms with E-state index in [0.29, 0.717) is 23.8 Å². The van der Waals surface area contributed by atoms with E-state index in [9.17, 15) is 4.79 Å². The van der Waals surface area contributed by atoms with E-state index in [4.69, 9.17) is 5.73 Å². The molecule has 17 heavy (non-hydrogen) atoms. The van der Waals surface area contributed by atoms with E-state index >= 15 is 0 Å². The lowest BCUT2D eigenvalue weighted by Crippen LogP contribution is -2.50. The van der Waals surface area contributed by atoms with Crippen molar-refractivity contribution in [1.29, 1.82) is 0 Å². The van der Waals surface area contributed by atoms with Gasteiger partial charge in [-0.25, -0.2) is 0 Å². The summed E-state index contributed by atoms with van der Waals surface area (Å²) in [5.74, 6) is 1.78. The van der Waals surface area contributed by atoms with Gasteiger partial charge in [-0.2, -0.15) is 0 Å². The molecule has 100 valence electrons. The number of hydrogen-bond donors (Lipinski definition) is 2. The van der Waals surface area contributed by atoms with Gasteiger partial charge in [0.15, 0.2) is 0 Å². The maximum Gasteiger partial charge on any atom is 0.237 e. The van der Waals surface area contributed by atoms with E-state index in [1.165, 1.54) is 12.8 Å². The van der Waals surface area contributed by atoms with Gasteiger partial charge in [-0.3, -0.25) is 4.79 Å². The molecule has 0 aromatic heterocycles. The summed E-state index contributed by atoms with van der Waals surface area (Å²) >= 11 is 0. The molecule has 0 aromatic rings. The summed E-state index contributed by atoms with van der Waals surface area (Å²) in [4.78, 5) is 12.0. The van der Waals surface area contributed by atoms with E-state index in [1.54, 1.807) is 0 Å². The van der Waals surface area contributed by atoms with E-state index in [0.717, 1.165) is 12.8 Å². The molecule has 1 amide bonds. The summed E-state index contributed by atoms with van der Waals surface area (Å²) in [6.07, 6.45) is 4.37. The lowest BCUT2D eigenvalue weighted by molar-refractivity contribution is -0.124. The van der Waals surface area contributed by atoms with Crippen molar-refractivity contribution in [2.75, 3.05) is 0 Å². The summed E-state index contributed by atoms with van der Waals surface area (Å²) in [5.41, 5.74) is 5.90. The molecule has 1 aliphatic carbocycles. The summed E-state index contributed by atoms with van der Waals surface area (Å²) in [6.45, 7) is 8.71. The summed E-state index contributed by atoms with van der Waals surface area (Å²) in [6, 6.07) is -0.0242. The second-order valence-electron chi connectivity index (χ2n) is 6.12. The van der Waals surface area contributed by atoms with Crippen molar-refractivity contribution < 1.29 is 4.79 Å². The molecule has 4 unspecified atom stereocenters. The molecule has 0 radical (unpaired) electrons. The zero-order valence-electron chi connectivity index (χ0n) is 11.7. The number of hydrogen-bond acceptors (Lipinski definition) is 2. The first-order valence-corrected chi connectivity index (χ1v) is 6.97. The molecule has 1 fully saturated rings. The van der Waals surface area contributed by atoms with Crippen LogP contribution in [-0.4, -0.2) is 18.0 Å². The summed E-state index contributed by atoms with van der Waals surface area (Å²) < 4.78 is 0. The van der Waals surface area contributed by atoms with Gasteiger partial charge in [0, 0.05) is 6.04 Å². The van der Waals surface area contributed by atoms with E-state index in [-0.39, 0.29) is 11.9 Å². The summed E-state index contributed by atoms with van der Waals surface area (Å²) in [7, 11) is 0. The largest absolute Gasteiger partial charge is 0.352 e. The van der Waals surface area contributed by atoms with Gasteiger partial charge >= 0.3 is 0 Å². The van der Waals surface area contributed by atoms with Gasteiger partial charge in [0.05, 0.1) is 6.04 Å². The molecular weight excluding hydrogens is 212 g/mol. The first-order chi connectivity index (χ1) is 7.91. The van der Waals surface area contributed by atoms with Crippen molar-refractivity contribution in [3.8, 4) is 0 Å². The van der Waals surface area contributed by atoms with Gasteiger partial charge in [-0.05, 0) is 30.6 Å². The lowest BCUT2D eigenvalue weighted by atomic mass is 9.78. The Labute approximate surface area is 106 Å². The fraction of sp³-hybridized carbons (Fsp3) is 0.929. The minimum atomic E-state index is -0.348. The second-order valence-corrected chi connectivity index (χ2v) is 6.12. The van der Waals surface area contributed by atoms with Crippen molar-refractivity contribution in [1.82, 2.24) is 5.32 Å². The van der Waals surface area contributed by atoms with Crippen molar-refractivity contribution in [3.05, 3.63) is 0 Å². The Hall–Kier alpha value is -0.570. The zero-order chi connectivity index (χ0) is 13.0. The van der Waals surface area contributed by atoms with E-state index < -0.39 is 0 Å². The van der Waals surface area contributed by atoms with Crippen LogP contribution in [0, 0.1) is 17.8 Å². The molecule has 3 N–H and O–H groups in total. The van der Waals surface area contributed by atoms with Crippen molar-refractivity contribution >= 4 is 5.91 Å². The molecule has 0 bridgehead atoms. The van der Waals surface area contributed by atoms with Crippen LogP contribution in [-0.2, 0) is 4.79 Å². The highest BCUT2D eigenvalue weighted by Crippen LogP contribution is 2.29. The summed E-state index contributed by atoms with van der Waals surface area (Å²) in [5, 5.41) is 3.14. The van der Waals surface area contributed by atoms with Crippen molar-refractivity contribution in [3.63, 3.8) is 0 Å². The first-order valence-electron chi connectivity index (χ1n) is 6.97. The third-order valence-corrected chi connectivity index (χ3v) is 4.10. The van der Waals surface area contributed by atoms with Gasteiger partial charge in [-0.1, -0.05) is 40.5 Å². The number of nitrogens with one attached hydrogen (secondary N) is 1. The van der Waals surface area contributed by atoms with E-state index in [2.05, 4.69) is 33.0 Å². The lowest BCUT2D eigenvalue weighted by Gasteiger charge is -2.35. The van der Waals surface area contributed by atoms with Crippen LogP contribution in [0.1, 0.15) is 53.4 Å². The minimum absolute atomic E-state index is 0.0321. The normalized spacial score (nSPS) is 31.3. The predicted molar refractivity (Wildman–Crippen MR) is 71.5 cm³/mol. The number of carbonyl (C=O) groups is 1. The molecule has 3 heteroatoms. The van der Waals surface area contributed by atoms with Crippen molar-refractivity contribution in [2.24, 2.45) is 23.5 Å². The maximum absolute atomic E-state index is 12.0. The monoisotopic (exact) mass is 240 g/mol. The topological polar surface area (TPSA) is 55.1 Å². The molecular formula is C14H28N2O. The minimum Gasteiger partial charge on any atom is -0.352 e. The SMILES string of the molecule is CC(C)CC(N)C(=O)NC1CCCC(C)C1C. The Kier molecular flexibility index (Phi) is 5.44. The van der Waals surface area contributed by atoms with Gasteiger partial charge in [0.1, 0.15) is 0 Å². The third kappa shape index (κ3) is 4.30. The van der Waals surface area contributed by atoms with Crippen molar-refractivity contribution in [2.45, 2.75) is 65.5 Å². The number of carbonyl (C=O) groups excluding carboxylic acids is 1. The molecule has 0 saturated heterocycles. The number of amides is 1. The molecule has 4 atom stereocenters. The smallest absolute Gasteiger partial charge is 0.237 e. The highest BCUT2D eigenvalue weighted by Gasteiger charge is 2.29. The van der Waals surface area contributed by atoms with Crippen LogP contribution in [0.2, 0.25) is 0 Å². The molecule has 0 aliphatic heterocycles. The Balaban J connectivity index is 2.44. The van der Waals surface area contributed by atoms with Crippen LogP contribution < -0.4 is 11.1 Å². The number of nitrogens with two attached hydrogens (primary N) is 1.